The average Bonchev–Trinajstić information content (AvgIpc) is 3.27. The molecule has 6 nitrogen and oxygen atoms in total. The molecule has 2 aliphatic rings. The van der Waals surface area contributed by atoms with Crippen LogP contribution in [0.1, 0.15) is 39.0 Å². The molecule has 1 saturated carbocycles. The number of nitrogens with one attached hydrogen (secondary N) is 2. The fraction of sp³-hybridized carbons (Fsp3) is 0.944. The number of halogens is 1. The number of aliphatic imine (C=N–C) groups is 1. The molecule has 0 radical (unpaired) electrons. The van der Waals surface area contributed by atoms with Crippen LogP contribution in [0.3, 0.4) is 0 Å². The van der Waals surface area contributed by atoms with Crippen LogP contribution in [0.2, 0.25) is 0 Å². The Morgan fingerprint density at radius 2 is 1.80 bits per heavy atom. The summed E-state index contributed by atoms with van der Waals surface area (Å²) in [6, 6.07) is 0. The first-order valence-corrected chi connectivity index (χ1v) is 9.64. The minimum absolute atomic E-state index is 0. The SMILES string of the molecule is CCNC(=NCCCOCC1CCOC1)NCCCOCC1CC1.I. The standard InChI is InChI=1S/C18H35N3O3.HI/c1-2-19-18(20-8-3-10-22-13-16-5-6-16)21-9-4-11-23-14-17-7-12-24-15-17;/h16-17H,2-15H2,1H3,(H2,19,20,21);1H. The molecule has 1 aliphatic carbocycles. The third-order valence-corrected chi connectivity index (χ3v) is 4.25. The monoisotopic (exact) mass is 469 g/mol. The Bertz CT molecular complexity index is 348. The van der Waals surface area contributed by atoms with Gasteiger partial charge in [0.15, 0.2) is 5.96 Å². The lowest BCUT2D eigenvalue weighted by Gasteiger charge is -2.12. The fourth-order valence-electron chi connectivity index (χ4n) is 2.58. The molecule has 0 amide bonds. The Kier molecular flexibility index (Phi) is 13.7. The lowest BCUT2D eigenvalue weighted by molar-refractivity contribution is 0.0893. The number of hydrogen-bond donors (Lipinski definition) is 2. The molecule has 7 heteroatoms. The van der Waals surface area contributed by atoms with Crippen molar-refractivity contribution in [3.8, 4) is 0 Å². The van der Waals surface area contributed by atoms with E-state index in [-0.39, 0.29) is 24.0 Å². The summed E-state index contributed by atoms with van der Waals surface area (Å²) in [7, 11) is 0. The van der Waals surface area contributed by atoms with E-state index in [2.05, 4.69) is 22.5 Å². The van der Waals surface area contributed by atoms with E-state index in [1.807, 2.05) is 0 Å². The summed E-state index contributed by atoms with van der Waals surface area (Å²) in [5.74, 6) is 2.33. The molecule has 1 unspecified atom stereocenters. The second kappa shape index (κ2) is 15.0. The Labute approximate surface area is 169 Å². The van der Waals surface area contributed by atoms with Gasteiger partial charge >= 0.3 is 0 Å². The molecule has 1 saturated heterocycles. The van der Waals surface area contributed by atoms with Gasteiger partial charge in [0.05, 0.1) is 13.2 Å². The second-order valence-electron chi connectivity index (χ2n) is 6.72. The van der Waals surface area contributed by atoms with Gasteiger partial charge in [-0.25, -0.2) is 0 Å². The highest BCUT2D eigenvalue weighted by molar-refractivity contribution is 14.0. The van der Waals surface area contributed by atoms with E-state index in [9.17, 15) is 0 Å². The van der Waals surface area contributed by atoms with E-state index in [1.165, 1.54) is 12.8 Å². The topological polar surface area (TPSA) is 64.1 Å². The molecule has 0 aromatic carbocycles. The second-order valence-corrected chi connectivity index (χ2v) is 6.72. The third kappa shape index (κ3) is 12.0. The lowest BCUT2D eigenvalue weighted by atomic mass is 10.1. The van der Waals surface area contributed by atoms with Crippen LogP contribution >= 0.6 is 24.0 Å². The van der Waals surface area contributed by atoms with Crippen molar-refractivity contribution < 1.29 is 14.2 Å². The maximum atomic E-state index is 5.70. The summed E-state index contributed by atoms with van der Waals surface area (Å²) < 4.78 is 16.7. The minimum atomic E-state index is 0. The van der Waals surface area contributed by atoms with Gasteiger partial charge < -0.3 is 24.8 Å². The van der Waals surface area contributed by atoms with E-state index >= 15 is 0 Å². The van der Waals surface area contributed by atoms with Crippen molar-refractivity contribution in [3.63, 3.8) is 0 Å². The highest BCUT2D eigenvalue weighted by Crippen LogP contribution is 2.28. The molecule has 2 fully saturated rings. The highest BCUT2D eigenvalue weighted by atomic mass is 127. The molecule has 1 aliphatic heterocycles. The quantitative estimate of drug-likeness (QED) is 0.188. The molecule has 1 atom stereocenters. The predicted molar refractivity (Wildman–Crippen MR) is 112 cm³/mol. The van der Waals surface area contributed by atoms with Crippen molar-refractivity contribution in [2.75, 3.05) is 59.3 Å². The van der Waals surface area contributed by atoms with Crippen LogP contribution in [0.5, 0.6) is 0 Å². The maximum absolute atomic E-state index is 5.70. The van der Waals surface area contributed by atoms with Gasteiger partial charge in [0.2, 0.25) is 0 Å². The number of nitrogens with zero attached hydrogens (tertiary/aromatic N) is 1. The maximum Gasteiger partial charge on any atom is 0.191 e. The van der Waals surface area contributed by atoms with Crippen molar-refractivity contribution in [2.24, 2.45) is 16.8 Å². The van der Waals surface area contributed by atoms with Crippen LogP contribution in [-0.2, 0) is 14.2 Å². The predicted octanol–water partition coefficient (Wildman–Crippen LogP) is 2.42. The zero-order valence-electron chi connectivity index (χ0n) is 15.6. The van der Waals surface area contributed by atoms with Crippen LogP contribution < -0.4 is 10.6 Å². The molecule has 0 bridgehead atoms. The van der Waals surface area contributed by atoms with Crippen molar-refractivity contribution in [1.29, 1.82) is 0 Å². The van der Waals surface area contributed by atoms with Crippen molar-refractivity contribution in [1.82, 2.24) is 10.6 Å². The molecule has 1 heterocycles. The van der Waals surface area contributed by atoms with E-state index in [1.54, 1.807) is 0 Å². The smallest absolute Gasteiger partial charge is 0.191 e. The van der Waals surface area contributed by atoms with E-state index in [0.29, 0.717) is 5.92 Å². The zero-order chi connectivity index (χ0) is 16.9. The molecular formula is C18H36IN3O3. The van der Waals surface area contributed by atoms with E-state index < -0.39 is 0 Å². The first-order chi connectivity index (χ1) is 11.9. The molecule has 25 heavy (non-hydrogen) atoms. The van der Waals surface area contributed by atoms with Gasteiger partial charge in [-0.15, -0.1) is 24.0 Å². The summed E-state index contributed by atoms with van der Waals surface area (Å²) in [6.45, 7) is 9.77. The number of ether oxygens (including phenoxy) is 3. The van der Waals surface area contributed by atoms with Crippen LogP contribution in [-0.4, -0.2) is 65.2 Å². The van der Waals surface area contributed by atoms with Gasteiger partial charge in [0, 0.05) is 52.0 Å². The zero-order valence-corrected chi connectivity index (χ0v) is 18.0. The Morgan fingerprint density at radius 1 is 1.04 bits per heavy atom. The highest BCUT2D eigenvalue weighted by Gasteiger charge is 2.20. The van der Waals surface area contributed by atoms with Gasteiger partial charge in [0.25, 0.3) is 0 Å². The van der Waals surface area contributed by atoms with Gasteiger partial charge in [0.1, 0.15) is 0 Å². The molecule has 0 aromatic rings. The van der Waals surface area contributed by atoms with Gasteiger partial charge in [-0.3, -0.25) is 4.99 Å². The molecule has 0 aromatic heterocycles. The molecule has 2 N–H and O–H groups in total. The van der Waals surface area contributed by atoms with Crippen molar-refractivity contribution in [2.45, 2.75) is 39.0 Å². The number of rotatable bonds is 13. The average molecular weight is 469 g/mol. The lowest BCUT2D eigenvalue weighted by Crippen LogP contribution is -2.38. The molecular weight excluding hydrogens is 433 g/mol. The summed E-state index contributed by atoms with van der Waals surface area (Å²) in [6.07, 6.45) is 5.82. The summed E-state index contributed by atoms with van der Waals surface area (Å²) >= 11 is 0. The Hall–Kier alpha value is -0.120. The van der Waals surface area contributed by atoms with Crippen LogP contribution in [0, 0.1) is 11.8 Å². The van der Waals surface area contributed by atoms with Crippen LogP contribution in [0.25, 0.3) is 0 Å². The van der Waals surface area contributed by atoms with Crippen LogP contribution in [0.4, 0.5) is 0 Å². The summed E-state index contributed by atoms with van der Waals surface area (Å²) in [5.41, 5.74) is 0. The molecule has 148 valence electrons. The van der Waals surface area contributed by atoms with Gasteiger partial charge in [-0.1, -0.05) is 0 Å². The normalized spacial score (nSPS) is 20.4. The molecule has 2 rings (SSSR count). The molecule has 0 spiro atoms. The van der Waals surface area contributed by atoms with E-state index in [0.717, 1.165) is 90.4 Å². The Balaban J connectivity index is 0.00000312. The minimum Gasteiger partial charge on any atom is -0.381 e. The van der Waals surface area contributed by atoms with Crippen molar-refractivity contribution >= 4 is 29.9 Å². The summed E-state index contributed by atoms with van der Waals surface area (Å²) in [5, 5.41) is 6.64. The fourth-order valence-corrected chi connectivity index (χ4v) is 2.58. The van der Waals surface area contributed by atoms with Crippen LogP contribution in [0.15, 0.2) is 4.99 Å². The van der Waals surface area contributed by atoms with Gasteiger partial charge in [-0.05, 0) is 44.9 Å². The summed E-state index contributed by atoms with van der Waals surface area (Å²) in [4.78, 5) is 4.59. The largest absolute Gasteiger partial charge is 0.381 e. The van der Waals surface area contributed by atoms with E-state index in [4.69, 9.17) is 14.2 Å². The first-order valence-electron chi connectivity index (χ1n) is 9.64. The number of hydrogen-bond acceptors (Lipinski definition) is 4. The third-order valence-electron chi connectivity index (χ3n) is 4.25. The van der Waals surface area contributed by atoms with Gasteiger partial charge in [-0.2, -0.15) is 0 Å². The first kappa shape index (κ1) is 22.9. The Morgan fingerprint density at radius 3 is 2.48 bits per heavy atom. The van der Waals surface area contributed by atoms with Crippen molar-refractivity contribution in [3.05, 3.63) is 0 Å². The number of guanidine groups is 1.